The minimum absolute atomic E-state index is 0.118. The van der Waals surface area contributed by atoms with E-state index >= 15 is 0 Å². The summed E-state index contributed by atoms with van der Waals surface area (Å²) in [6.07, 6.45) is -0.550. The van der Waals surface area contributed by atoms with Crippen molar-refractivity contribution in [1.82, 2.24) is 9.99 Å². The molecular formula is C18H27N4O7PS. The first kappa shape index (κ1) is 25.2. The van der Waals surface area contributed by atoms with Gasteiger partial charge in [0.15, 0.2) is 0 Å². The second-order valence-corrected chi connectivity index (χ2v) is 9.46. The van der Waals surface area contributed by atoms with Gasteiger partial charge >= 0.3 is 19.7 Å². The van der Waals surface area contributed by atoms with Crippen LogP contribution in [0.15, 0.2) is 35.3 Å². The summed E-state index contributed by atoms with van der Waals surface area (Å²) >= 11 is 1.37. The van der Waals surface area contributed by atoms with Gasteiger partial charge in [-0.15, -0.1) is 11.8 Å². The van der Waals surface area contributed by atoms with E-state index in [-0.39, 0.29) is 12.4 Å². The summed E-state index contributed by atoms with van der Waals surface area (Å²) in [4.78, 5) is 28.8. The molecule has 1 aromatic carbocycles. The number of amidine groups is 1. The Morgan fingerprint density at radius 2 is 2.10 bits per heavy atom. The number of nitrogens with one attached hydrogen (secondary N) is 1. The van der Waals surface area contributed by atoms with Crippen molar-refractivity contribution in [3.63, 3.8) is 0 Å². The van der Waals surface area contributed by atoms with Crippen molar-refractivity contribution >= 4 is 37.3 Å². The Bertz CT molecular complexity index is 837. The summed E-state index contributed by atoms with van der Waals surface area (Å²) in [7, 11) is -1.19. The number of urea groups is 1. The first-order chi connectivity index (χ1) is 14.6. The number of hydrogen-bond donors (Lipinski definition) is 2. The van der Waals surface area contributed by atoms with Crippen molar-refractivity contribution in [2.24, 2.45) is 10.7 Å². The number of para-hydroxylation sites is 1. The highest BCUT2D eigenvalue weighted by molar-refractivity contribution is 8.00. The van der Waals surface area contributed by atoms with Crippen LogP contribution in [0, 0.1) is 0 Å². The lowest BCUT2D eigenvalue weighted by molar-refractivity contribution is -0.142. The van der Waals surface area contributed by atoms with Crippen LogP contribution in [-0.2, 0) is 23.4 Å². The van der Waals surface area contributed by atoms with E-state index in [2.05, 4.69) is 14.8 Å². The Hall–Kier alpha value is -2.11. The third-order valence-electron chi connectivity index (χ3n) is 4.00. The lowest BCUT2D eigenvalue weighted by atomic mass is 10.3. The minimum Gasteiger partial charge on any atom is -0.468 e. The Balaban J connectivity index is 2.01. The first-order valence-corrected chi connectivity index (χ1v) is 11.9. The van der Waals surface area contributed by atoms with Crippen molar-refractivity contribution < 1.29 is 32.7 Å². The van der Waals surface area contributed by atoms with Gasteiger partial charge in [0.05, 0.1) is 13.7 Å². The first-order valence-electron chi connectivity index (χ1n) is 9.33. The number of nitrogens with zero attached hydrogens (tertiary/aromatic N) is 2. The smallest absolute Gasteiger partial charge is 0.459 e. The van der Waals surface area contributed by atoms with Crippen LogP contribution in [0.1, 0.15) is 13.8 Å². The molecule has 0 bridgehead atoms. The molecule has 1 saturated heterocycles. The summed E-state index contributed by atoms with van der Waals surface area (Å²) in [6.45, 7) is 2.88. The maximum Gasteiger partial charge on any atom is 0.459 e. The predicted octanol–water partition coefficient (Wildman–Crippen LogP) is 2.19. The molecule has 0 aromatic heterocycles. The van der Waals surface area contributed by atoms with E-state index in [4.69, 9.17) is 19.5 Å². The second-order valence-electron chi connectivity index (χ2n) is 6.57. The lowest BCUT2D eigenvalue weighted by Crippen LogP contribution is -2.38. The number of thioether (sulfide) groups is 1. The molecule has 0 radical (unpaired) electrons. The molecule has 172 valence electrons. The van der Waals surface area contributed by atoms with Crippen LogP contribution < -0.4 is 15.3 Å². The summed E-state index contributed by atoms with van der Waals surface area (Å²) in [5.41, 5.74) is 4.92. The average molecular weight is 474 g/mol. The largest absolute Gasteiger partial charge is 0.468 e. The molecule has 1 heterocycles. The molecule has 4 unspecified atom stereocenters. The Labute approximate surface area is 185 Å². The number of amides is 2. The number of rotatable bonds is 9. The fraction of sp³-hybridized carbons (Fsp3) is 0.500. The molecule has 3 N–H and O–H groups in total. The van der Waals surface area contributed by atoms with Gasteiger partial charge in [0.2, 0.25) is 0 Å². The van der Waals surface area contributed by atoms with Crippen LogP contribution in [0.2, 0.25) is 0 Å². The molecular weight excluding hydrogens is 447 g/mol. The van der Waals surface area contributed by atoms with Crippen molar-refractivity contribution in [2.75, 3.05) is 26.5 Å². The normalized spacial score (nSPS) is 21.7. The molecule has 1 aromatic rings. The minimum atomic E-state index is -3.96. The summed E-state index contributed by atoms with van der Waals surface area (Å²) < 4.78 is 34.8. The van der Waals surface area contributed by atoms with Crippen LogP contribution in [0.3, 0.4) is 0 Å². The molecule has 0 saturated carbocycles. The van der Waals surface area contributed by atoms with E-state index in [9.17, 15) is 14.2 Å². The van der Waals surface area contributed by atoms with Gasteiger partial charge in [-0.3, -0.25) is 14.2 Å². The molecule has 2 amide bonds. The van der Waals surface area contributed by atoms with E-state index in [1.165, 1.54) is 37.6 Å². The number of hydrogen-bond acceptors (Lipinski definition) is 8. The number of carbonyl (C=O) groups is 2. The quantitative estimate of drug-likeness (QED) is 0.237. The lowest BCUT2D eigenvalue weighted by Gasteiger charge is -2.24. The molecule has 0 spiro atoms. The summed E-state index contributed by atoms with van der Waals surface area (Å²) in [5.74, 6) is 0.286. The zero-order valence-electron chi connectivity index (χ0n) is 17.7. The van der Waals surface area contributed by atoms with Gasteiger partial charge in [0, 0.05) is 12.8 Å². The molecule has 11 nitrogen and oxygen atoms in total. The molecule has 4 atom stereocenters. The van der Waals surface area contributed by atoms with E-state index < -0.39 is 37.5 Å². The number of benzene rings is 1. The highest BCUT2D eigenvalue weighted by Gasteiger charge is 2.36. The number of aliphatic imine (C=N–C) groups is 1. The molecule has 2 rings (SSSR count). The number of ether oxygens (including phenoxy) is 2. The zero-order chi connectivity index (χ0) is 23.0. The summed E-state index contributed by atoms with van der Waals surface area (Å²) in [6, 6.07) is 6.95. The molecule has 1 aliphatic heterocycles. The van der Waals surface area contributed by atoms with Crippen molar-refractivity contribution in [3.8, 4) is 5.75 Å². The molecule has 31 heavy (non-hydrogen) atoms. The average Bonchev–Trinajstić information content (AvgIpc) is 3.20. The number of nitrogens with two attached hydrogens (primary N) is 1. The molecule has 13 heteroatoms. The van der Waals surface area contributed by atoms with Gasteiger partial charge in [-0.1, -0.05) is 18.2 Å². The van der Waals surface area contributed by atoms with Crippen molar-refractivity contribution in [1.29, 1.82) is 0 Å². The summed E-state index contributed by atoms with van der Waals surface area (Å²) in [5, 5.41) is 2.57. The fourth-order valence-corrected chi connectivity index (χ4v) is 5.07. The van der Waals surface area contributed by atoms with Gasteiger partial charge in [0.1, 0.15) is 29.3 Å². The maximum absolute atomic E-state index is 13.3. The second kappa shape index (κ2) is 11.5. The van der Waals surface area contributed by atoms with Crippen LogP contribution >= 0.6 is 19.5 Å². The van der Waals surface area contributed by atoms with Crippen molar-refractivity contribution in [2.45, 2.75) is 31.6 Å². The van der Waals surface area contributed by atoms with Crippen LogP contribution in [-0.4, -0.2) is 67.0 Å². The Morgan fingerprint density at radius 3 is 2.71 bits per heavy atom. The van der Waals surface area contributed by atoms with Crippen LogP contribution in [0.25, 0.3) is 0 Å². The number of carbonyl (C=O) groups excluding carboxylic acids is 2. The topological polar surface area (TPSA) is 142 Å². The molecule has 1 fully saturated rings. The monoisotopic (exact) mass is 474 g/mol. The van der Waals surface area contributed by atoms with E-state index in [1.807, 2.05) is 0 Å². The number of esters is 1. The third-order valence-corrected chi connectivity index (χ3v) is 6.74. The maximum atomic E-state index is 13.3. The molecule has 1 aliphatic rings. The van der Waals surface area contributed by atoms with Gasteiger partial charge in [-0.25, -0.2) is 9.36 Å². The highest BCUT2D eigenvalue weighted by atomic mass is 32.2. The number of methoxy groups -OCH3 is 1. The fourth-order valence-electron chi connectivity index (χ4n) is 2.42. The Kier molecular flexibility index (Phi) is 9.32. The molecule has 0 aliphatic carbocycles. The van der Waals surface area contributed by atoms with Gasteiger partial charge in [-0.05, 0) is 26.0 Å². The SMILES string of the molecule is COC(=O)C(C)NP(=O)(OCC1OC(N(C)C(=O)N=C(C)N)CS1)Oc1ccccc1. The van der Waals surface area contributed by atoms with E-state index in [0.29, 0.717) is 11.5 Å². The standard InChI is InChI=1S/C18H27N4O7PS/c1-12(17(23)26-4)21-30(25,29-14-8-6-5-7-9-14)27-10-16-28-15(11-31-16)22(3)18(24)20-13(2)19/h5-9,12,15-16H,10-11H2,1-4H3,(H,21,25)(H2,19,20,24). The Morgan fingerprint density at radius 1 is 1.42 bits per heavy atom. The predicted molar refractivity (Wildman–Crippen MR) is 117 cm³/mol. The van der Waals surface area contributed by atoms with Gasteiger partial charge in [-0.2, -0.15) is 10.1 Å². The zero-order valence-corrected chi connectivity index (χ0v) is 19.4. The van der Waals surface area contributed by atoms with Crippen LogP contribution in [0.5, 0.6) is 5.75 Å². The van der Waals surface area contributed by atoms with Crippen molar-refractivity contribution in [3.05, 3.63) is 30.3 Å². The highest BCUT2D eigenvalue weighted by Crippen LogP contribution is 2.46. The van der Waals surface area contributed by atoms with Gasteiger partial charge < -0.3 is 19.7 Å². The van der Waals surface area contributed by atoms with Gasteiger partial charge in [0.25, 0.3) is 0 Å². The van der Waals surface area contributed by atoms with Crippen LogP contribution in [0.4, 0.5) is 4.79 Å². The van der Waals surface area contributed by atoms with E-state index in [1.54, 1.807) is 37.4 Å². The third kappa shape index (κ3) is 7.82. The van der Waals surface area contributed by atoms with E-state index in [0.717, 1.165) is 0 Å².